The van der Waals surface area contributed by atoms with Crippen molar-refractivity contribution in [1.29, 1.82) is 0 Å². The molecule has 2 aliphatic heterocycles. The van der Waals surface area contributed by atoms with Gasteiger partial charge in [0.15, 0.2) is 11.5 Å². The molecule has 1 N–H and O–H groups in total. The Morgan fingerprint density at radius 3 is 2.30 bits per heavy atom. The number of piperazine rings is 1. The molecule has 2 aromatic carbocycles. The number of carbonyl (C=O) groups is 1. The van der Waals surface area contributed by atoms with Gasteiger partial charge in [0, 0.05) is 43.6 Å². The molecule has 0 atom stereocenters. The number of nitrogens with zero attached hydrogens (tertiary/aromatic N) is 2. The number of amides is 1. The van der Waals surface area contributed by atoms with Crippen LogP contribution in [0.4, 0.5) is 11.4 Å². The van der Waals surface area contributed by atoms with Crippen molar-refractivity contribution < 1.29 is 14.3 Å². The Morgan fingerprint density at radius 1 is 1.00 bits per heavy atom. The van der Waals surface area contributed by atoms with Gasteiger partial charge in [0.1, 0.15) is 13.2 Å². The standard InChI is InChI=1S/C20H22ClN3O3/c1-23-6-8-24(9-7-23)15-4-2-14(3-5-15)22-20(25)16-12-18-19(13-17(16)21)27-11-10-26-18/h2-5,12-13H,6-11H2,1H3,(H,22,25). The van der Waals surface area contributed by atoms with Crippen LogP contribution < -0.4 is 19.7 Å². The molecule has 0 radical (unpaired) electrons. The van der Waals surface area contributed by atoms with Crippen LogP contribution in [0, 0.1) is 0 Å². The van der Waals surface area contributed by atoms with Crippen LogP contribution in [0.2, 0.25) is 5.02 Å². The summed E-state index contributed by atoms with van der Waals surface area (Å²) in [5.74, 6) is 0.838. The van der Waals surface area contributed by atoms with Crippen molar-refractivity contribution in [3.8, 4) is 11.5 Å². The Morgan fingerprint density at radius 2 is 1.63 bits per heavy atom. The Balaban J connectivity index is 1.45. The van der Waals surface area contributed by atoms with Gasteiger partial charge < -0.3 is 24.6 Å². The van der Waals surface area contributed by atoms with Gasteiger partial charge in [0.2, 0.25) is 0 Å². The van der Waals surface area contributed by atoms with E-state index in [1.54, 1.807) is 12.1 Å². The maximum Gasteiger partial charge on any atom is 0.257 e. The molecule has 27 heavy (non-hydrogen) atoms. The topological polar surface area (TPSA) is 54.0 Å². The fraction of sp³-hybridized carbons (Fsp3) is 0.350. The monoisotopic (exact) mass is 387 g/mol. The quantitative estimate of drug-likeness (QED) is 0.877. The first-order valence-electron chi connectivity index (χ1n) is 9.04. The first-order valence-corrected chi connectivity index (χ1v) is 9.42. The van der Waals surface area contributed by atoms with Crippen LogP contribution in [-0.4, -0.2) is 57.2 Å². The summed E-state index contributed by atoms with van der Waals surface area (Å²) in [5, 5.41) is 3.24. The summed E-state index contributed by atoms with van der Waals surface area (Å²) in [6.45, 7) is 5.07. The molecular formula is C20H22ClN3O3. The molecule has 4 rings (SSSR count). The molecule has 0 aromatic heterocycles. The molecule has 1 saturated heterocycles. The Bertz CT molecular complexity index is 833. The number of hydrogen-bond acceptors (Lipinski definition) is 5. The highest BCUT2D eigenvalue weighted by atomic mass is 35.5. The van der Waals surface area contributed by atoms with E-state index in [9.17, 15) is 4.79 Å². The normalized spacial score (nSPS) is 16.9. The molecule has 0 spiro atoms. The van der Waals surface area contributed by atoms with Crippen LogP contribution in [0.25, 0.3) is 0 Å². The third kappa shape index (κ3) is 3.96. The van der Waals surface area contributed by atoms with Crippen molar-refractivity contribution in [2.75, 3.05) is 56.7 Å². The second kappa shape index (κ2) is 7.66. The van der Waals surface area contributed by atoms with E-state index < -0.39 is 0 Å². The van der Waals surface area contributed by atoms with Crippen molar-refractivity contribution in [2.45, 2.75) is 0 Å². The molecule has 2 aliphatic rings. The van der Waals surface area contributed by atoms with Crippen LogP contribution in [0.15, 0.2) is 36.4 Å². The Labute approximate surface area is 163 Å². The van der Waals surface area contributed by atoms with E-state index in [1.165, 1.54) is 5.69 Å². The fourth-order valence-electron chi connectivity index (χ4n) is 3.26. The van der Waals surface area contributed by atoms with E-state index in [0.29, 0.717) is 35.3 Å². The van der Waals surface area contributed by atoms with Gasteiger partial charge in [-0.15, -0.1) is 0 Å². The Kier molecular flexibility index (Phi) is 5.09. The maximum absolute atomic E-state index is 12.6. The number of ether oxygens (including phenoxy) is 2. The second-order valence-corrected chi connectivity index (χ2v) is 7.17. The van der Waals surface area contributed by atoms with E-state index >= 15 is 0 Å². The lowest BCUT2D eigenvalue weighted by molar-refractivity contribution is 0.102. The minimum Gasteiger partial charge on any atom is -0.486 e. The van der Waals surface area contributed by atoms with Crippen molar-refractivity contribution in [2.24, 2.45) is 0 Å². The molecule has 0 bridgehead atoms. The molecule has 1 amide bonds. The number of fused-ring (bicyclic) bond motifs is 1. The third-order valence-electron chi connectivity index (χ3n) is 4.87. The largest absolute Gasteiger partial charge is 0.486 e. The summed E-state index contributed by atoms with van der Waals surface area (Å²) in [7, 11) is 2.14. The second-order valence-electron chi connectivity index (χ2n) is 6.77. The average Bonchev–Trinajstić information content (AvgIpc) is 2.68. The lowest BCUT2D eigenvalue weighted by atomic mass is 10.1. The summed E-state index contributed by atoms with van der Waals surface area (Å²) >= 11 is 6.25. The number of nitrogens with one attached hydrogen (secondary N) is 1. The molecule has 2 aromatic rings. The van der Waals surface area contributed by atoms with Crippen LogP contribution in [0.1, 0.15) is 10.4 Å². The van der Waals surface area contributed by atoms with E-state index in [1.807, 2.05) is 24.3 Å². The molecular weight excluding hydrogens is 366 g/mol. The highest BCUT2D eigenvalue weighted by Crippen LogP contribution is 2.35. The summed E-state index contributed by atoms with van der Waals surface area (Å²) in [6, 6.07) is 11.2. The molecule has 2 heterocycles. The number of likely N-dealkylation sites (N-methyl/N-ethyl adjacent to an activating group) is 1. The zero-order valence-electron chi connectivity index (χ0n) is 15.2. The van der Waals surface area contributed by atoms with Crippen LogP contribution in [0.3, 0.4) is 0 Å². The molecule has 142 valence electrons. The van der Waals surface area contributed by atoms with E-state index in [2.05, 4.69) is 22.2 Å². The SMILES string of the molecule is CN1CCN(c2ccc(NC(=O)c3cc4c(cc3Cl)OCCO4)cc2)CC1. The van der Waals surface area contributed by atoms with Gasteiger partial charge in [-0.05, 0) is 37.4 Å². The number of halogens is 1. The number of carbonyl (C=O) groups excluding carboxylic acids is 1. The fourth-order valence-corrected chi connectivity index (χ4v) is 3.50. The molecule has 0 saturated carbocycles. The first-order chi connectivity index (χ1) is 13.1. The number of rotatable bonds is 3. The van der Waals surface area contributed by atoms with Gasteiger partial charge in [-0.2, -0.15) is 0 Å². The summed E-state index contributed by atoms with van der Waals surface area (Å²) in [4.78, 5) is 17.3. The molecule has 0 aliphatic carbocycles. The first kappa shape index (κ1) is 17.9. The number of anilines is 2. The third-order valence-corrected chi connectivity index (χ3v) is 5.18. The summed E-state index contributed by atoms with van der Waals surface area (Å²) < 4.78 is 11.0. The average molecular weight is 388 g/mol. The molecule has 7 heteroatoms. The van der Waals surface area contributed by atoms with Crippen LogP contribution in [-0.2, 0) is 0 Å². The van der Waals surface area contributed by atoms with E-state index in [-0.39, 0.29) is 5.91 Å². The molecule has 6 nitrogen and oxygen atoms in total. The highest BCUT2D eigenvalue weighted by Gasteiger charge is 2.19. The van der Waals surface area contributed by atoms with Crippen molar-refractivity contribution in [3.63, 3.8) is 0 Å². The minimum atomic E-state index is -0.274. The van der Waals surface area contributed by atoms with Crippen LogP contribution >= 0.6 is 11.6 Å². The van der Waals surface area contributed by atoms with Gasteiger partial charge in [-0.3, -0.25) is 4.79 Å². The lowest BCUT2D eigenvalue weighted by Crippen LogP contribution is -2.44. The summed E-state index contributed by atoms with van der Waals surface area (Å²) in [6.07, 6.45) is 0. The minimum absolute atomic E-state index is 0.274. The van der Waals surface area contributed by atoms with Crippen molar-refractivity contribution in [1.82, 2.24) is 4.90 Å². The van der Waals surface area contributed by atoms with Gasteiger partial charge in [-0.1, -0.05) is 11.6 Å². The molecule has 0 unspecified atom stereocenters. The smallest absolute Gasteiger partial charge is 0.257 e. The Hall–Kier alpha value is -2.44. The lowest BCUT2D eigenvalue weighted by Gasteiger charge is -2.34. The maximum atomic E-state index is 12.6. The van der Waals surface area contributed by atoms with Crippen molar-refractivity contribution in [3.05, 3.63) is 47.0 Å². The number of benzene rings is 2. The predicted octanol–water partition coefficient (Wildman–Crippen LogP) is 3.12. The van der Waals surface area contributed by atoms with Crippen molar-refractivity contribution >= 4 is 28.9 Å². The van der Waals surface area contributed by atoms with Gasteiger partial charge >= 0.3 is 0 Å². The van der Waals surface area contributed by atoms with Gasteiger partial charge in [0.25, 0.3) is 5.91 Å². The van der Waals surface area contributed by atoms with E-state index in [4.69, 9.17) is 21.1 Å². The molecule has 1 fully saturated rings. The van der Waals surface area contributed by atoms with Gasteiger partial charge in [0.05, 0.1) is 10.6 Å². The van der Waals surface area contributed by atoms with E-state index in [0.717, 1.165) is 31.9 Å². The zero-order valence-corrected chi connectivity index (χ0v) is 16.0. The van der Waals surface area contributed by atoms with Crippen LogP contribution in [0.5, 0.6) is 11.5 Å². The highest BCUT2D eigenvalue weighted by molar-refractivity contribution is 6.34. The van der Waals surface area contributed by atoms with Gasteiger partial charge in [-0.25, -0.2) is 0 Å². The summed E-state index contributed by atoms with van der Waals surface area (Å²) in [5.41, 5.74) is 2.26. The number of hydrogen-bond donors (Lipinski definition) is 1. The predicted molar refractivity (Wildman–Crippen MR) is 107 cm³/mol. The zero-order chi connectivity index (χ0) is 18.8.